The number of aliphatic carboxylic acids is 1. The van der Waals surface area contributed by atoms with Crippen LogP contribution in [0, 0.1) is 0 Å². The number of allylic oxidation sites excluding steroid dienone is 4. The van der Waals surface area contributed by atoms with Crippen molar-refractivity contribution in [3.05, 3.63) is 99.4 Å². The number of carbonyl (C=O) groups is 3. The van der Waals surface area contributed by atoms with Gasteiger partial charge >= 0.3 is 5.97 Å². The average molecular weight is 542 g/mol. The van der Waals surface area contributed by atoms with Crippen LogP contribution in [-0.4, -0.2) is 34.1 Å². The van der Waals surface area contributed by atoms with Crippen molar-refractivity contribution in [3.8, 4) is 5.75 Å². The maximum absolute atomic E-state index is 13.3. The van der Waals surface area contributed by atoms with Gasteiger partial charge in [-0.05, 0) is 59.7 Å². The zero-order valence-electron chi connectivity index (χ0n) is 21.4. The predicted octanol–water partition coefficient (Wildman–Crippen LogP) is 6.57. The molecule has 6 nitrogen and oxygen atoms in total. The Morgan fingerprint density at radius 2 is 1.56 bits per heavy atom. The Balaban J connectivity index is 1.37. The minimum atomic E-state index is -0.987. The highest BCUT2D eigenvalue weighted by molar-refractivity contribution is 6.32. The summed E-state index contributed by atoms with van der Waals surface area (Å²) in [7, 11) is 0. The fourth-order valence-electron chi connectivity index (χ4n) is 6.26. The molecular weight excluding hydrogens is 514 g/mol. The smallest absolute Gasteiger partial charge is 0.323 e. The zero-order chi connectivity index (χ0) is 27.1. The van der Waals surface area contributed by atoms with Crippen LogP contribution < -0.4 is 4.74 Å². The molecule has 7 heteroatoms. The number of halogens is 1. The lowest BCUT2D eigenvalue weighted by Gasteiger charge is -2.43. The van der Waals surface area contributed by atoms with E-state index < -0.39 is 11.9 Å². The summed E-state index contributed by atoms with van der Waals surface area (Å²) >= 11 is 6.74. The molecule has 3 aliphatic rings. The number of nitrogens with zero attached hydrogens (tertiary/aromatic N) is 1. The van der Waals surface area contributed by atoms with E-state index in [-0.39, 0.29) is 18.1 Å². The molecule has 0 aromatic heterocycles. The third-order valence-corrected chi connectivity index (χ3v) is 8.23. The van der Waals surface area contributed by atoms with Gasteiger partial charge in [-0.15, -0.1) is 0 Å². The van der Waals surface area contributed by atoms with Crippen LogP contribution >= 0.6 is 11.6 Å². The van der Waals surface area contributed by atoms with Gasteiger partial charge in [-0.2, -0.15) is 0 Å². The number of hydrogen-bond acceptors (Lipinski definition) is 5. The first-order chi connectivity index (χ1) is 18.9. The molecule has 1 heterocycles. The Hall–Kier alpha value is -3.90. The molecule has 2 aliphatic carbocycles. The number of benzene rings is 3. The highest BCUT2D eigenvalue weighted by Crippen LogP contribution is 2.49. The number of rotatable bonds is 6. The molecule has 0 radical (unpaired) electrons. The van der Waals surface area contributed by atoms with E-state index >= 15 is 0 Å². The molecule has 0 fully saturated rings. The van der Waals surface area contributed by atoms with Gasteiger partial charge in [-0.25, -0.2) is 0 Å². The van der Waals surface area contributed by atoms with E-state index in [2.05, 4.69) is 18.2 Å². The van der Waals surface area contributed by atoms with E-state index in [0.29, 0.717) is 67.1 Å². The van der Waals surface area contributed by atoms with Gasteiger partial charge < -0.3 is 14.7 Å². The maximum atomic E-state index is 13.3. The summed E-state index contributed by atoms with van der Waals surface area (Å²) in [6.07, 6.45) is 3.31. The number of carboxylic acids is 1. The average Bonchev–Trinajstić information content (AvgIpc) is 2.93. The molecule has 0 amide bonds. The monoisotopic (exact) mass is 541 g/mol. The van der Waals surface area contributed by atoms with Crippen LogP contribution in [0.1, 0.15) is 55.6 Å². The summed E-state index contributed by atoms with van der Waals surface area (Å²) in [6, 6.07) is 19.7. The summed E-state index contributed by atoms with van der Waals surface area (Å²) in [5, 5.41) is 12.3. The highest BCUT2D eigenvalue weighted by Gasteiger charge is 2.43. The van der Waals surface area contributed by atoms with E-state index in [0.717, 1.165) is 33.3 Å². The third kappa shape index (κ3) is 4.63. The van der Waals surface area contributed by atoms with Crippen LogP contribution in [0.25, 0.3) is 10.8 Å². The number of carbonyl (C=O) groups excluding carboxylic acids is 2. The SMILES string of the molecule is O=C(O)CN1C2=C(C(=O)CCC2)C(c2ccc(OCc3cccc4ccccc34)c(Cl)c2)C2=C1CCCC2=O. The van der Waals surface area contributed by atoms with Crippen molar-refractivity contribution in [2.24, 2.45) is 0 Å². The topological polar surface area (TPSA) is 83.9 Å². The Morgan fingerprint density at radius 1 is 0.897 bits per heavy atom. The number of Topliss-reactive ketones (excluding diaryl/α,β-unsaturated/α-hetero) is 2. The van der Waals surface area contributed by atoms with Crippen molar-refractivity contribution < 1.29 is 24.2 Å². The van der Waals surface area contributed by atoms with Crippen molar-refractivity contribution in [2.45, 2.75) is 51.0 Å². The molecule has 0 saturated carbocycles. The summed E-state index contributed by atoms with van der Waals surface area (Å²) in [4.78, 5) is 40.1. The predicted molar refractivity (Wildman–Crippen MR) is 149 cm³/mol. The second-order valence-corrected chi connectivity index (χ2v) is 10.7. The molecule has 1 aliphatic heterocycles. The standard InChI is InChI=1S/C32H28ClNO5/c33-23-16-20(14-15-28(23)39-18-21-8-3-7-19-6-1-2-9-22(19)21)30-31-24(10-4-12-26(31)35)34(17-29(37)38)25-11-5-13-27(36)32(25)30/h1-3,6-9,14-16,30H,4-5,10-13,17-18H2,(H,37,38). The van der Waals surface area contributed by atoms with Gasteiger partial charge in [0.15, 0.2) is 11.6 Å². The summed E-state index contributed by atoms with van der Waals surface area (Å²) < 4.78 is 6.13. The normalized spacial score (nSPS) is 17.9. The summed E-state index contributed by atoms with van der Waals surface area (Å²) in [5.74, 6) is -1.09. The molecule has 3 aromatic carbocycles. The second kappa shape index (κ2) is 10.3. The number of ether oxygens (including phenoxy) is 1. The minimum Gasteiger partial charge on any atom is -0.487 e. The molecule has 0 saturated heterocycles. The van der Waals surface area contributed by atoms with Crippen LogP contribution in [0.5, 0.6) is 5.75 Å². The first-order valence-corrected chi connectivity index (χ1v) is 13.7. The number of hydrogen-bond donors (Lipinski definition) is 1. The molecule has 1 N–H and O–H groups in total. The molecule has 39 heavy (non-hydrogen) atoms. The molecule has 198 valence electrons. The Morgan fingerprint density at radius 3 is 2.23 bits per heavy atom. The summed E-state index contributed by atoms with van der Waals surface area (Å²) in [5.41, 5.74) is 4.34. The van der Waals surface area contributed by atoms with E-state index in [1.54, 1.807) is 17.0 Å². The van der Waals surface area contributed by atoms with Gasteiger partial charge in [0.25, 0.3) is 0 Å². The molecule has 3 aromatic rings. The van der Waals surface area contributed by atoms with Crippen LogP contribution in [-0.2, 0) is 21.0 Å². The van der Waals surface area contributed by atoms with Crippen molar-refractivity contribution in [2.75, 3.05) is 6.54 Å². The van der Waals surface area contributed by atoms with Crippen molar-refractivity contribution in [1.82, 2.24) is 4.90 Å². The number of carboxylic acid groups (broad SMARTS) is 1. The van der Waals surface area contributed by atoms with Crippen molar-refractivity contribution >= 4 is 39.9 Å². The van der Waals surface area contributed by atoms with E-state index in [1.165, 1.54) is 0 Å². The quantitative estimate of drug-likeness (QED) is 0.380. The molecule has 0 atom stereocenters. The van der Waals surface area contributed by atoms with Crippen molar-refractivity contribution in [1.29, 1.82) is 0 Å². The van der Waals surface area contributed by atoms with E-state index in [9.17, 15) is 19.5 Å². The largest absolute Gasteiger partial charge is 0.487 e. The Bertz CT molecular complexity index is 1540. The van der Waals surface area contributed by atoms with E-state index in [1.807, 2.05) is 30.3 Å². The van der Waals surface area contributed by atoms with Gasteiger partial charge in [0.1, 0.15) is 18.9 Å². The first-order valence-electron chi connectivity index (χ1n) is 13.3. The lowest BCUT2D eigenvalue weighted by atomic mass is 9.71. The first kappa shape index (κ1) is 25.4. The van der Waals surface area contributed by atoms with Crippen LogP contribution in [0.4, 0.5) is 0 Å². The lowest BCUT2D eigenvalue weighted by molar-refractivity contribution is -0.138. The number of ketones is 2. The third-order valence-electron chi connectivity index (χ3n) is 7.93. The van der Waals surface area contributed by atoms with Gasteiger partial charge in [-0.3, -0.25) is 14.4 Å². The van der Waals surface area contributed by atoms with Gasteiger partial charge in [0.05, 0.1) is 5.02 Å². The van der Waals surface area contributed by atoms with Gasteiger partial charge in [0.2, 0.25) is 0 Å². The fourth-order valence-corrected chi connectivity index (χ4v) is 6.51. The Kier molecular flexibility index (Phi) is 6.73. The highest BCUT2D eigenvalue weighted by atomic mass is 35.5. The van der Waals surface area contributed by atoms with Gasteiger partial charge in [0, 0.05) is 41.3 Å². The molecule has 6 rings (SSSR count). The second-order valence-electron chi connectivity index (χ2n) is 10.3. The van der Waals surface area contributed by atoms with E-state index in [4.69, 9.17) is 16.3 Å². The fraction of sp³-hybridized carbons (Fsp3) is 0.281. The van der Waals surface area contributed by atoms with Crippen LogP contribution in [0.3, 0.4) is 0 Å². The zero-order valence-corrected chi connectivity index (χ0v) is 22.2. The van der Waals surface area contributed by atoms with Crippen molar-refractivity contribution in [3.63, 3.8) is 0 Å². The molecular formula is C32H28ClNO5. The number of fused-ring (bicyclic) bond motifs is 1. The minimum absolute atomic E-state index is 0.0334. The van der Waals surface area contributed by atoms with Gasteiger partial charge in [-0.1, -0.05) is 60.1 Å². The molecule has 0 bridgehead atoms. The van der Waals surface area contributed by atoms with Crippen LogP contribution in [0.15, 0.2) is 83.2 Å². The molecule has 0 unspecified atom stereocenters. The lowest BCUT2D eigenvalue weighted by Crippen LogP contribution is -2.41. The Labute approximate surface area is 231 Å². The molecule has 0 spiro atoms. The summed E-state index contributed by atoms with van der Waals surface area (Å²) in [6.45, 7) is 0.0855. The van der Waals surface area contributed by atoms with Crippen LogP contribution in [0.2, 0.25) is 5.02 Å². The maximum Gasteiger partial charge on any atom is 0.323 e.